The van der Waals surface area contributed by atoms with Crippen LogP contribution in [-0.2, 0) is 19.6 Å². The second-order valence-corrected chi connectivity index (χ2v) is 16.3. The fourth-order valence-electron chi connectivity index (χ4n) is 8.23. The third-order valence-corrected chi connectivity index (χ3v) is 12.4. The first-order valence-corrected chi connectivity index (χ1v) is 18.9. The van der Waals surface area contributed by atoms with Gasteiger partial charge in [-0.2, -0.15) is 0 Å². The van der Waals surface area contributed by atoms with E-state index >= 15 is 4.39 Å². The van der Waals surface area contributed by atoms with Crippen molar-refractivity contribution in [1.82, 2.24) is 9.80 Å². The Morgan fingerprint density at radius 2 is 1.76 bits per heavy atom. The van der Waals surface area contributed by atoms with Gasteiger partial charge in [0.05, 0.1) is 18.6 Å². The van der Waals surface area contributed by atoms with Gasteiger partial charge in [0.2, 0.25) is 15.9 Å². The van der Waals surface area contributed by atoms with Crippen LogP contribution in [0.5, 0.6) is 0 Å². The first-order chi connectivity index (χ1) is 21.9. The molecule has 4 aliphatic rings. The zero-order valence-electron chi connectivity index (χ0n) is 27.1. The number of ether oxygens (including phenoxy) is 1. The van der Waals surface area contributed by atoms with Gasteiger partial charge in [0.15, 0.2) is 0 Å². The number of halogens is 3. The predicted molar refractivity (Wildman–Crippen MR) is 177 cm³/mol. The molecule has 0 aromatic heterocycles. The van der Waals surface area contributed by atoms with E-state index in [0.29, 0.717) is 74.1 Å². The molecule has 0 N–H and O–H groups in total. The highest BCUT2D eigenvalue weighted by Gasteiger charge is 2.46. The maximum absolute atomic E-state index is 15.2. The maximum Gasteiger partial charge on any atom is 0.232 e. The van der Waals surface area contributed by atoms with E-state index in [0.717, 1.165) is 49.4 Å². The summed E-state index contributed by atoms with van der Waals surface area (Å²) in [7, 11) is -1.79. The average molecular weight is 678 g/mol. The van der Waals surface area contributed by atoms with E-state index in [9.17, 15) is 17.6 Å². The van der Waals surface area contributed by atoms with E-state index in [2.05, 4.69) is 4.90 Å². The smallest absolute Gasteiger partial charge is 0.232 e. The van der Waals surface area contributed by atoms with Crippen molar-refractivity contribution in [2.24, 2.45) is 11.8 Å². The van der Waals surface area contributed by atoms with Crippen molar-refractivity contribution in [1.29, 1.82) is 0 Å². The second kappa shape index (κ2) is 13.7. The minimum atomic E-state index is -3.50. The Balaban J connectivity index is 1.22. The molecule has 2 saturated carbocycles. The molecule has 1 amide bonds. The van der Waals surface area contributed by atoms with E-state index in [1.54, 1.807) is 11.4 Å². The van der Waals surface area contributed by atoms with Crippen molar-refractivity contribution < 1.29 is 26.7 Å². The standard InChI is InChI=1S/C35H46ClF2N3O4S/c1-22-15-34(41(46(3,43)44)20-23-6-7-23)29(19-32(22)36)24-10-13-39(14-11-24)35(42)31-18-27(40-12-4-5-26(40)21-45-2)17-30(31)28-9-8-25(37)16-33(28)38/h8-9,15-16,19,23-24,26-27,30-31H,4-7,10-14,17-18,20-21H2,1-3H3/t26-,27?,30?,31-/m1/s1. The summed E-state index contributed by atoms with van der Waals surface area (Å²) < 4.78 is 62.1. The van der Waals surface area contributed by atoms with E-state index in [1.807, 2.05) is 24.0 Å². The number of aryl methyl sites for hydroxylation is 1. The molecule has 0 spiro atoms. The lowest BCUT2D eigenvalue weighted by Gasteiger charge is -2.37. The number of sulfonamides is 1. The van der Waals surface area contributed by atoms with Crippen molar-refractivity contribution in [3.05, 3.63) is 63.7 Å². The molecule has 0 bridgehead atoms. The molecule has 2 aromatic rings. The third-order valence-electron chi connectivity index (χ3n) is 10.8. The quantitative estimate of drug-likeness (QED) is 0.288. The fraction of sp³-hybridized carbons (Fsp3) is 0.629. The van der Waals surface area contributed by atoms with Gasteiger partial charge in [-0.1, -0.05) is 17.7 Å². The van der Waals surface area contributed by atoms with Crippen molar-refractivity contribution in [2.45, 2.75) is 82.2 Å². The fourth-order valence-corrected chi connectivity index (χ4v) is 9.40. The van der Waals surface area contributed by atoms with Crippen LogP contribution in [0, 0.1) is 30.4 Å². The van der Waals surface area contributed by atoms with Crippen molar-refractivity contribution in [2.75, 3.05) is 50.5 Å². The van der Waals surface area contributed by atoms with Crippen LogP contribution in [-0.4, -0.2) is 82.4 Å². The van der Waals surface area contributed by atoms with Crippen LogP contribution in [0.1, 0.15) is 79.9 Å². The number of amides is 1. The van der Waals surface area contributed by atoms with Crippen LogP contribution in [0.4, 0.5) is 14.5 Å². The highest BCUT2D eigenvalue weighted by atomic mass is 35.5. The number of hydrogen-bond donors (Lipinski definition) is 0. The summed E-state index contributed by atoms with van der Waals surface area (Å²) in [5.74, 6) is -1.53. The number of methoxy groups -OCH3 is 1. The Labute approximate surface area is 277 Å². The molecule has 46 heavy (non-hydrogen) atoms. The zero-order valence-corrected chi connectivity index (χ0v) is 28.6. The zero-order chi connectivity index (χ0) is 32.7. The first kappa shape index (κ1) is 33.6. The van der Waals surface area contributed by atoms with Crippen LogP contribution in [0.15, 0.2) is 30.3 Å². The SMILES string of the molecule is COC[C@H]1CCCN1C1CC(c2ccc(F)cc2F)[C@H](C(=O)N2CCC(c3cc(Cl)c(C)cc3N(CC3CC3)S(C)(=O)=O)CC2)C1. The number of nitrogens with zero attached hydrogens (tertiary/aromatic N) is 3. The van der Waals surface area contributed by atoms with Crippen LogP contribution in [0.3, 0.4) is 0 Å². The Morgan fingerprint density at radius 1 is 1.02 bits per heavy atom. The Bertz CT molecular complexity index is 1550. The monoisotopic (exact) mass is 677 g/mol. The van der Waals surface area contributed by atoms with Gasteiger partial charge in [0.1, 0.15) is 11.6 Å². The summed E-state index contributed by atoms with van der Waals surface area (Å²) in [6.07, 6.45) is 8.04. The number of rotatable bonds is 10. The second-order valence-electron chi connectivity index (χ2n) is 14.0. The van der Waals surface area contributed by atoms with Gasteiger partial charge < -0.3 is 9.64 Å². The van der Waals surface area contributed by atoms with Gasteiger partial charge in [-0.15, -0.1) is 0 Å². The third kappa shape index (κ3) is 7.10. The summed E-state index contributed by atoms with van der Waals surface area (Å²) in [5, 5.41) is 0.604. The molecule has 2 aromatic carbocycles. The lowest BCUT2D eigenvalue weighted by molar-refractivity contribution is -0.137. The summed E-state index contributed by atoms with van der Waals surface area (Å²) in [5.41, 5.74) is 2.86. The molecule has 7 nitrogen and oxygen atoms in total. The van der Waals surface area contributed by atoms with E-state index in [4.69, 9.17) is 16.3 Å². The van der Waals surface area contributed by atoms with E-state index < -0.39 is 27.6 Å². The van der Waals surface area contributed by atoms with E-state index in [1.165, 1.54) is 18.4 Å². The molecule has 252 valence electrons. The largest absolute Gasteiger partial charge is 0.383 e. The molecular formula is C35H46ClF2N3O4S. The summed E-state index contributed by atoms with van der Waals surface area (Å²) >= 11 is 6.60. The summed E-state index contributed by atoms with van der Waals surface area (Å²) in [6, 6.07) is 7.94. The lowest BCUT2D eigenvalue weighted by atomic mass is 9.85. The molecule has 2 heterocycles. The van der Waals surface area contributed by atoms with Crippen molar-refractivity contribution in [3.8, 4) is 0 Å². The topological polar surface area (TPSA) is 70.2 Å². The molecule has 0 radical (unpaired) electrons. The molecular weight excluding hydrogens is 632 g/mol. The van der Waals surface area contributed by atoms with Gasteiger partial charge in [-0.05, 0) is 117 Å². The molecule has 4 fully saturated rings. The van der Waals surface area contributed by atoms with Crippen molar-refractivity contribution >= 4 is 33.2 Å². The summed E-state index contributed by atoms with van der Waals surface area (Å²) in [4.78, 5) is 18.6. The maximum atomic E-state index is 15.2. The first-order valence-electron chi connectivity index (χ1n) is 16.7. The van der Waals surface area contributed by atoms with Gasteiger partial charge in [-0.25, -0.2) is 17.2 Å². The average Bonchev–Trinajstić information content (AvgIpc) is 3.55. The van der Waals surface area contributed by atoms with Crippen LogP contribution in [0.25, 0.3) is 0 Å². The van der Waals surface area contributed by atoms with Crippen molar-refractivity contribution in [3.63, 3.8) is 0 Å². The predicted octanol–water partition coefficient (Wildman–Crippen LogP) is 6.48. The minimum Gasteiger partial charge on any atom is -0.383 e. The summed E-state index contributed by atoms with van der Waals surface area (Å²) in [6.45, 7) is 4.95. The Morgan fingerprint density at radius 3 is 2.41 bits per heavy atom. The van der Waals surface area contributed by atoms with Crippen LogP contribution >= 0.6 is 11.6 Å². The van der Waals surface area contributed by atoms with Gasteiger partial charge in [0.25, 0.3) is 0 Å². The Hall–Kier alpha value is -2.27. The number of carbonyl (C=O) groups excluding carboxylic acids is 1. The number of carbonyl (C=O) groups is 1. The van der Waals surface area contributed by atoms with Gasteiger partial charge in [0, 0.05) is 55.8 Å². The Kier molecular flexibility index (Phi) is 10.0. The minimum absolute atomic E-state index is 0.0193. The molecule has 2 aliphatic heterocycles. The van der Waals surface area contributed by atoms with Gasteiger partial charge in [-0.3, -0.25) is 14.0 Å². The highest BCUT2D eigenvalue weighted by molar-refractivity contribution is 7.92. The number of hydrogen-bond acceptors (Lipinski definition) is 5. The van der Waals surface area contributed by atoms with Gasteiger partial charge >= 0.3 is 0 Å². The molecule has 6 rings (SSSR count). The molecule has 4 atom stereocenters. The normalized spacial score (nSPS) is 26.2. The van der Waals surface area contributed by atoms with Crippen LogP contribution < -0.4 is 4.31 Å². The number of likely N-dealkylation sites (tertiary alicyclic amines) is 2. The molecule has 2 aliphatic carbocycles. The lowest BCUT2D eigenvalue weighted by Crippen LogP contribution is -2.43. The highest BCUT2D eigenvalue weighted by Crippen LogP contribution is 2.46. The number of piperidine rings is 1. The molecule has 2 saturated heterocycles. The number of benzene rings is 2. The van der Waals surface area contributed by atoms with E-state index in [-0.39, 0.29) is 29.8 Å². The molecule has 11 heteroatoms. The van der Waals surface area contributed by atoms with Crippen LogP contribution in [0.2, 0.25) is 5.02 Å². The number of anilines is 1. The molecule has 2 unspecified atom stereocenters.